The van der Waals surface area contributed by atoms with Crippen molar-refractivity contribution in [2.24, 2.45) is 5.92 Å². The van der Waals surface area contributed by atoms with Crippen molar-refractivity contribution in [2.75, 3.05) is 5.32 Å². The highest BCUT2D eigenvalue weighted by molar-refractivity contribution is 5.99. The van der Waals surface area contributed by atoms with E-state index in [0.29, 0.717) is 12.5 Å². The number of benzene rings is 3. The van der Waals surface area contributed by atoms with Crippen molar-refractivity contribution < 1.29 is 14.6 Å². The minimum atomic E-state index is -0.464. The molecule has 2 atom stereocenters. The predicted molar refractivity (Wildman–Crippen MR) is 158 cm³/mol. The zero-order valence-corrected chi connectivity index (χ0v) is 23.7. The molecule has 5 rings (SSSR count). The van der Waals surface area contributed by atoms with Crippen LogP contribution in [0.2, 0.25) is 0 Å². The van der Waals surface area contributed by atoms with Crippen LogP contribution in [0.1, 0.15) is 99.5 Å². The number of nitrogens with one attached hydrogen (secondary N) is 1. The highest BCUT2D eigenvalue weighted by atomic mass is 16.5. The van der Waals surface area contributed by atoms with Crippen LogP contribution >= 0.6 is 0 Å². The Bertz CT molecular complexity index is 1240. The van der Waals surface area contributed by atoms with E-state index >= 15 is 0 Å². The Morgan fingerprint density at radius 1 is 0.974 bits per heavy atom. The number of hydrogen-bond acceptors (Lipinski definition) is 3. The number of aliphatic hydroxyl groups excluding tert-OH is 1. The van der Waals surface area contributed by atoms with Gasteiger partial charge < -0.3 is 15.2 Å². The third-order valence-electron chi connectivity index (χ3n) is 8.49. The van der Waals surface area contributed by atoms with Crippen molar-refractivity contribution in [1.29, 1.82) is 0 Å². The van der Waals surface area contributed by atoms with Crippen LogP contribution in [0.3, 0.4) is 0 Å². The normalized spacial score (nSPS) is 18.3. The lowest BCUT2D eigenvalue weighted by Gasteiger charge is -2.26. The topological polar surface area (TPSA) is 58.6 Å². The third-order valence-corrected chi connectivity index (χ3v) is 8.49. The molecule has 1 heterocycles. The van der Waals surface area contributed by atoms with Gasteiger partial charge in [-0.2, -0.15) is 0 Å². The van der Waals surface area contributed by atoms with Gasteiger partial charge in [0.25, 0.3) is 0 Å². The quantitative estimate of drug-likeness (QED) is 0.329. The fraction of sp³-hybridized carbons (Fsp3) is 0.457. The molecule has 0 aromatic heterocycles. The van der Waals surface area contributed by atoms with Gasteiger partial charge in [0, 0.05) is 11.3 Å². The molecule has 2 aliphatic rings. The molecule has 1 aliphatic heterocycles. The van der Waals surface area contributed by atoms with E-state index in [1.54, 1.807) is 0 Å². The number of fused-ring (bicyclic) bond motifs is 2. The average molecular weight is 526 g/mol. The molecule has 1 aliphatic carbocycles. The second kappa shape index (κ2) is 12.0. The minimum Gasteiger partial charge on any atom is -0.489 e. The van der Waals surface area contributed by atoms with Crippen LogP contribution in [0.25, 0.3) is 0 Å². The molecular weight excluding hydrogens is 482 g/mol. The second-order valence-electron chi connectivity index (χ2n) is 12.5. The number of amides is 1. The van der Waals surface area contributed by atoms with Gasteiger partial charge in [0.1, 0.15) is 12.4 Å². The number of ether oxygens (including phenoxy) is 1. The van der Waals surface area contributed by atoms with Crippen LogP contribution in [0.15, 0.2) is 66.7 Å². The summed E-state index contributed by atoms with van der Waals surface area (Å²) in [5, 5.41) is 14.1. The van der Waals surface area contributed by atoms with E-state index in [9.17, 15) is 9.90 Å². The lowest BCUT2D eigenvalue weighted by Crippen LogP contribution is -2.25. The first-order valence-electron chi connectivity index (χ1n) is 14.7. The molecule has 206 valence electrons. The summed E-state index contributed by atoms with van der Waals surface area (Å²) in [7, 11) is 0. The van der Waals surface area contributed by atoms with E-state index in [0.717, 1.165) is 58.5 Å². The molecule has 1 saturated carbocycles. The maximum atomic E-state index is 14.1. The maximum Gasteiger partial charge on any atom is 0.236 e. The van der Waals surface area contributed by atoms with Gasteiger partial charge >= 0.3 is 0 Å². The lowest BCUT2D eigenvalue weighted by molar-refractivity contribution is -0.116. The number of aliphatic hydroxyl groups is 1. The van der Waals surface area contributed by atoms with Crippen molar-refractivity contribution in [1.82, 2.24) is 0 Å². The lowest BCUT2D eigenvalue weighted by atomic mass is 9.83. The summed E-state index contributed by atoms with van der Waals surface area (Å²) in [5.74, 6) is 0.904. The second-order valence-corrected chi connectivity index (χ2v) is 12.5. The van der Waals surface area contributed by atoms with Crippen molar-refractivity contribution >= 4 is 11.6 Å². The summed E-state index contributed by atoms with van der Waals surface area (Å²) in [5.41, 5.74) is 5.88. The van der Waals surface area contributed by atoms with E-state index in [4.69, 9.17) is 4.74 Å². The van der Waals surface area contributed by atoms with E-state index in [2.05, 4.69) is 44.3 Å². The summed E-state index contributed by atoms with van der Waals surface area (Å²) in [6.07, 6.45) is 8.64. The molecule has 0 spiro atoms. The van der Waals surface area contributed by atoms with E-state index in [1.807, 2.05) is 48.5 Å². The summed E-state index contributed by atoms with van der Waals surface area (Å²) in [4.78, 5) is 14.1. The first-order chi connectivity index (χ1) is 18.8. The predicted octanol–water partition coefficient (Wildman–Crippen LogP) is 7.91. The number of carbonyl (C=O) groups is 1. The molecule has 4 nitrogen and oxygen atoms in total. The van der Waals surface area contributed by atoms with E-state index in [-0.39, 0.29) is 17.4 Å². The van der Waals surface area contributed by atoms with Gasteiger partial charge in [0.05, 0.1) is 12.0 Å². The van der Waals surface area contributed by atoms with Gasteiger partial charge in [-0.1, -0.05) is 107 Å². The summed E-state index contributed by atoms with van der Waals surface area (Å²) in [6, 6.07) is 22.4. The van der Waals surface area contributed by atoms with Crippen LogP contribution in [-0.4, -0.2) is 17.1 Å². The Kier molecular flexibility index (Phi) is 8.42. The number of aryl methyl sites for hydroxylation is 1. The molecule has 3 aromatic rings. The monoisotopic (exact) mass is 525 g/mol. The molecule has 3 aromatic carbocycles. The van der Waals surface area contributed by atoms with Gasteiger partial charge in [0.2, 0.25) is 5.91 Å². The largest absolute Gasteiger partial charge is 0.489 e. The number of rotatable bonds is 7. The van der Waals surface area contributed by atoms with Gasteiger partial charge in [-0.05, 0) is 65.0 Å². The Morgan fingerprint density at radius 2 is 1.69 bits per heavy atom. The Balaban J connectivity index is 1.39. The van der Waals surface area contributed by atoms with Crippen molar-refractivity contribution in [3.63, 3.8) is 0 Å². The third kappa shape index (κ3) is 6.55. The Labute approximate surface area is 233 Å². The number of carbonyl (C=O) groups excluding carboxylic acids is 1. The molecule has 0 bridgehead atoms. The van der Waals surface area contributed by atoms with Gasteiger partial charge in [-0.15, -0.1) is 0 Å². The standard InChI is InChI=1S/C35H43NO3/c1-35(2,3)30-20-18-25(17-19-27(37)21-24-11-5-4-6-12-24)22-31(30)36-34(38)33-28-14-8-7-13-26(28)23-39-32-16-10-9-15-29(32)33/h7-10,13-16,18,20,22,24,27,33,37H,4-6,11-12,17,19,21,23H2,1-3H3,(H,36,38). The van der Waals surface area contributed by atoms with E-state index in [1.165, 1.54) is 32.1 Å². The first kappa shape index (κ1) is 27.5. The maximum absolute atomic E-state index is 14.1. The fourth-order valence-electron chi connectivity index (χ4n) is 6.37. The molecule has 0 saturated heterocycles. The fourth-order valence-corrected chi connectivity index (χ4v) is 6.37. The molecule has 2 N–H and O–H groups in total. The summed E-state index contributed by atoms with van der Waals surface area (Å²) < 4.78 is 6.11. The Hall–Kier alpha value is -3.11. The van der Waals surface area contributed by atoms with Gasteiger partial charge in [-0.3, -0.25) is 4.79 Å². The van der Waals surface area contributed by atoms with Crippen LogP contribution < -0.4 is 10.1 Å². The van der Waals surface area contributed by atoms with Crippen molar-refractivity contribution in [3.05, 3.63) is 94.5 Å². The number of para-hydroxylation sites is 1. The first-order valence-corrected chi connectivity index (χ1v) is 14.7. The number of anilines is 1. The van der Waals surface area contributed by atoms with Crippen LogP contribution in [0.4, 0.5) is 5.69 Å². The zero-order chi connectivity index (χ0) is 27.4. The SMILES string of the molecule is CC(C)(C)c1ccc(CCC(O)CC2CCCCC2)cc1NC(=O)C1c2ccccc2COc2ccccc21. The van der Waals surface area contributed by atoms with Crippen LogP contribution in [0.5, 0.6) is 5.75 Å². The highest BCUT2D eigenvalue weighted by Crippen LogP contribution is 2.39. The van der Waals surface area contributed by atoms with E-state index < -0.39 is 5.92 Å². The van der Waals surface area contributed by atoms with Crippen molar-refractivity contribution in [2.45, 2.75) is 96.2 Å². The number of hydrogen-bond donors (Lipinski definition) is 2. The van der Waals surface area contributed by atoms with Gasteiger partial charge in [0.15, 0.2) is 0 Å². The smallest absolute Gasteiger partial charge is 0.236 e. The zero-order valence-electron chi connectivity index (χ0n) is 23.7. The van der Waals surface area contributed by atoms with Crippen LogP contribution in [-0.2, 0) is 23.2 Å². The highest BCUT2D eigenvalue weighted by Gasteiger charge is 2.31. The molecular formula is C35H43NO3. The molecule has 0 radical (unpaired) electrons. The molecule has 39 heavy (non-hydrogen) atoms. The van der Waals surface area contributed by atoms with Crippen LogP contribution in [0, 0.1) is 5.92 Å². The molecule has 1 amide bonds. The van der Waals surface area contributed by atoms with Crippen molar-refractivity contribution in [3.8, 4) is 5.75 Å². The average Bonchev–Trinajstić information content (AvgIpc) is 3.09. The van der Waals surface area contributed by atoms with Gasteiger partial charge in [-0.25, -0.2) is 0 Å². The molecule has 1 fully saturated rings. The molecule has 4 heteroatoms. The summed E-state index contributed by atoms with van der Waals surface area (Å²) >= 11 is 0. The molecule has 2 unspecified atom stereocenters. The minimum absolute atomic E-state index is 0.0552. The Morgan fingerprint density at radius 3 is 2.46 bits per heavy atom. The summed E-state index contributed by atoms with van der Waals surface area (Å²) in [6.45, 7) is 6.98.